The van der Waals surface area contributed by atoms with Gasteiger partial charge < -0.3 is 24.3 Å². The fourth-order valence-corrected chi connectivity index (χ4v) is 7.43. The van der Waals surface area contributed by atoms with Crippen LogP contribution in [-0.4, -0.2) is 93.1 Å². The Hall–Kier alpha value is -3.74. The standard InChI is InChI=1S/C37H55N3O9S/c1-23(25-19-17-24(18-20-25)21-26(30(41)46-11)38-31(42)47-35(2,3)4)15-13-12-14-16-28-29-27(22-50-28)39(33(44)48-36(5,6)7)32(43)40(29)34(45)49-37(8,9)10/h17-20,26-29H,1,12-16,21-22H2,2-11H3,(H,38,42)/t26-,27-,28-,29-/m0/s1. The predicted molar refractivity (Wildman–Crippen MR) is 193 cm³/mol. The average molecular weight is 718 g/mol. The smallest absolute Gasteiger partial charge is 0.418 e. The summed E-state index contributed by atoms with van der Waals surface area (Å²) >= 11 is 1.66. The highest BCUT2D eigenvalue weighted by Gasteiger charge is 2.59. The molecule has 3 rings (SSSR count). The Bertz CT molecular complexity index is 1410. The van der Waals surface area contributed by atoms with Gasteiger partial charge in [-0.1, -0.05) is 43.7 Å². The van der Waals surface area contributed by atoms with Gasteiger partial charge in [0.25, 0.3) is 0 Å². The van der Waals surface area contributed by atoms with Gasteiger partial charge in [-0.2, -0.15) is 11.8 Å². The van der Waals surface area contributed by atoms with Crippen LogP contribution in [0.5, 0.6) is 0 Å². The van der Waals surface area contributed by atoms with E-state index < -0.39 is 65.2 Å². The number of rotatable bonds is 11. The van der Waals surface area contributed by atoms with Crippen LogP contribution in [0.3, 0.4) is 0 Å². The van der Waals surface area contributed by atoms with Crippen molar-refractivity contribution in [3.05, 3.63) is 42.0 Å². The molecular formula is C37H55N3O9S. The molecule has 1 aromatic carbocycles. The molecule has 5 amide bonds. The third-order valence-corrected chi connectivity index (χ3v) is 9.40. The molecule has 0 bridgehead atoms. The monoisotopic (exact) mass is 717 g/mol. The third-order valence-electron chi connectivity index (χ3n) is 7.92. The molecule has 0 radical (unpaired) electrons. The number of nitrogens with zero attached hydrogens (tertiary/aromatic N) is 2. The first-order valence-corrected chi connectivity index (χ1v) is 18.2. The van der Waals surface area contributed by atoms with Crippen molar-refractivity contribution in [2.75, 3.05) is 12.9 Å². The van der Waals surface area contributed by atoms with Crippen molar-refractivity contribution < 1.29 is 42.9 Å². The Labute approximate surface area is 300 Å². The number of ether oxygens (including phenoxy) is 4. The molecule has 2 aliphatic rings. The fourth-order valence-electron chi connectivity index (χ4n) is 5.81. The number of hydrogen-bond donors (Lipinski definition) is 1. The molecule has 0 saturated carbocycles. The number of alkyl carbamates (subject to hydrolysis) is 1. The van der Waals surface area contributed by atoms with Gasteiger partial charge in [0.15, 0.2) is 0 Å². The van der Waals surface area contributed by atoms with Gasteiger partial charge in [0.1, 0.15) is 22.8 Å². The minimum absolute atomic E-state index is 0.0433. The average Bonchev–Trinajstić information content (AvgIpc) is 3.49. The fraction of sp³-hybridized carbons (Fsp3) is 0.649. The van der Waals surface area contributed by atoms with Crippen LogP contribution in [-0.2, 0) is 30.2 Å². The number of thioether (sulfide) groups is 1. The molecule has 13 heteroatoms. The lowest BCUT2D eigenvalue weighted by molar-refractivity contribution is -0.143. The number of allylic oxidation sites excluding steroid dienone is 1. The molecule has 0 unspecified atom stereocenters. The van der Waals surface area contributed by atoms with Gasteiger partial charge in [-0.25, -0.2) is 33.8 Å². The van der Waals surface area contributed by atoms with E-state index in [0.717, 1.165) is 58.6 Å². The number of esters is 1. The Morgan fingerprint density at radius 2 is 1.42 bits per heavy atom. The predicted octanol–water partition coefficient (Wildman–Crippen LogP) is 7.72. The lowest BCUT2D eigenvalue weighted by atomic mass is 9.97. The van der Waals surface area contributed by atoms with Crippen molar-refractivity contribution in [2.24, 2.45) is 0 Å². The summed E-state index contributed by atoms with van der Waals surface area (Å²) < 4.78 is 21.3. The zero-order valence-corrected chi connectivity index (χ0v) is 32.1. The van der Waals surface area contributed by atoms with Gasteiger partial charge in [-0.15, -0.1) is 0 Å². The van der Waals surface area contributed by atoms with Gasteiger partial charge >= 0.3 is 30.3 Å². The van der Waals surface area contributed by atoms with Crippen LogP contribution in [0, 0.1) is 0 Å². The van der Waals surface area contributed by atoms with Crippen LogP contribution in [0.2, 0.25) is 0 Å². The van der Waals surface area contributed by atoms with Crippen LogP contribution in [0.4, 0.5) is 19.2 Å². The quantitative estimate of drug-likeness (QED) is 0.105. The van der Waals surface area contributed by atoms with E-state index in [2.05, 4.69) is 11.9 Å². The number of hydrogen-bond acceptors (Lipinski definition) is 10. The lowest BCUT2D eigenvalue weighted by Crippen LogP contribution is -2.47. The Kier molecular flexibility index (Phi) is 13.4. The van der Waals surface area contributed by atoms with E-state index in [4.69, 9.17) is 18.9 Å². The highest BCUT2D eigenvalue weighted by Crippen LogP contribution is 2.43. The van der Waals surface area contributed by atoms with Crippen LogP contribution in [0.25, 0.3) is 5.57 Å². The van der Waals surface area contributed by atoms with E-state index in [1.165, 1.54) is 7.11 Å². The maximum atomic E-state index is 13.5. The summed E-state index contributed by atoms with van der Waals surface area (Å²) in [6, 6.07) is 5.13. The first kappa shape index (κ1) is 40.7. The van der Waals surface area contributed by atoms with E-state index in [1.54, 1.807) is 74.1 Å². The second-order valence-corrected chi connectivity index (χ2v) is 17.0. The van der Waals surface area contributed by atoms with E-state index >= 15 is 0 Å². The Balaban J connectivity index is 1.55. The number of benzene rings is 1. The molecule has 278 valence electrons. The number of imide groups is 2. The lowest BCUT2D eigenvalue weighted by Gasteiger charge is -2.28. The van der Waals surface area contributed by atoms with Crippen LogP contribution in [0.1, 0.15) is 106 Å². The molecule has 2 heterocycles. The summed E-state index contributed by atoms with van der Waals surface area (Å²) in [4.78, 5) is 66.6. The number of carbonyl (C=O) groups excluding carboxylic acids is 5. The van der Waals surface area contributed by atoms with Crippen molar-refractivity contribution in [3.8, 4) is 0 Å². The van der Waals surface area contributed by atoms with Crippen molar-refractivity contribution in [2.45, 2.75) is 141 Å². The summed E-state index contributed by atoms with van der Waals surface area (Å²) in [5, 5.41) is 2.55. The molecular weight excluding hydrogens is 662 g/mol. The zero-order valence-electron chi connectivity index (χ0n) is 31.3. The normalized spacial score (nSPS) is 19.8. The third kappa shape index (κ3) is 11.7. The van der Waals surface area contributed by atoms with E-state index in [-0.39, 0.29) is 11.7 Å². The highest BCUT2D eigenvalue weighted by molar-refractivity contribution is 8.00. The molecule has 0 spiro atoms. The number of unbranched alkanes of at least 4 members (excludes halogenated alkanes) is 2. The molecule has 2 saturated heterocycles. The summed E-state index contributed by atoms with van der Waals surface area (Å²) in [6.45, 7) is 19.9. The number of carbonyl (C=O) groups is 5. The molecule has 0 aliphatic carbocycles. The summed E-state index contributed by atoms with van der Waals surface area (Å²) in [5.41, 5.74) is 0.510. The van der Waals surface area contributed by atoms with Gasteiger partial charge in [-0.3, -0.25) is 0 Å². The van der Waals surface area contributed by atoms with E-state index in [0.29, 0.717) is 5.75 Å². The first-order valence-electron chi connectivity index (χ1n) is 17.1. The number of amides is 5. The van der Waals surface area contributed by atoms with E-state index in [1.807, 2.05) is 24.3 Å². The van der Waals surface area contributed by atoms with Crippen LogP contribution in [0.15, 0.2) is 30.8 Å². The topological polar surface area (TPSA) is 141 Å². The first-order chi connectivity index (χ1) is 23.1. The maximum Gasteiger partial charge on any atom is 0.418 e. The minimum Gasteiger partial charge on any atom is -0.467 e. The molecule has 2 aliphatic heterocycles. The number of urea groups is 1. The SMILES string of the molecule is C=C(CCCCC[C@@H]1SC[C@H]2[C@@H]1N(C(=O)OC(C)(C)C)C(=O)N2C(=O)OC(C)(C)C)c1ccc(C[C@H](NC(=O)OC(C)(C)C)C(=O)OC)cc1. The zero-order chi connectivity index (χ0) is 37.6. The Morgan fingerprint density at radius 3 is 1.96 bits per heavy atom. The summed E-state index contributed by atoms with van der Waals surface area (Å²) in [6.07, 6.45) is 2.28. The minimum atomic E-state index is -0.892. The number of methoxy groups -OCH3 is 1. The second kappa shape index (κ2) is 16.5. The molecule has 1 aromatic rings. The van der Waals surface area contributed by atoms with Crippen LogP contribution < -0.4 is 5.32 Å². The molecule has 4 atom stereocenters. The van der Waals surface area contributed by atoms with Gasteiger partial charge in [0, 0.05) is 17.4 Å². The van der Waals surface area contributed by atoms with Crippen molar-refractivity contribution >= 4 is 47.6 Å². The van der Waals surface area contributed by atoms with Gasteiger partial charge in [-0.05, 0) is 98.3 Å². The summed E-state index contributed by atoms with van der Waals surface area (Å²) in [5.74, 6) is -0.0440. The van der Waals surface area contributed by atoms with Gasteiger partial charge in [0.2, 0.25) is 0 Å². The summed E-state index contributed by atoms with van der Waals surface area (Å²) in [7, 11) is 1.27. The van der Waals surface area contributed by atoms with Crippen molar-refractivity contribution in [1.82, 2.24) is 15.1 Å². The highest BCUT2D eigenvalue weighted by atomic mass is 32.2. The van der Waals surface area contributed by atoms with Crippen molar-refractivity contribution in [3.63, 3.8) is 0 Å². The van der Waals surface area contributed by atoms with Gasteiger partial charge in [0.05, 0.1) is 19.2 Å². The molecule has 50 heavy (non-hydrogen) atoms. The van der Waals surface area contributed by atoms with Crippen molar-refractivity contribution in [1.29, 1.82) is 0 Å². The second-order valence-electron chi connectivity index (χ2n) is 15.7. The van der Waals surface area contributed by atoms with Crippen LogP contribution >= 0.6 is 11.8 Å². The molecule has 1 N–H and O–H groups in total. The number of fused-ring (bicyclic) bond motifs is 1. The molecule has 12 nitrogen and oxygen atoms in total. The van der Waals surface area contributed by atoms with E-state index in [9.17, 15) is 24.0 Å². The Morgan fingerprint density at radius 1 is 0.860 bits per heavy atom. The largest absolute Gasteiger partial charge is 0.467 e. The molecule has 0 aromatic heterocycles. The molecule has 2 fully saturated rings. The maximum absolute atomic E-state index is 13.5. The number of nitrogens with one attached hydrogen (secondary N) is 1.